The standard InChI is InChI=1S/C11H20N2O3.C11H22N2O3.CH4/c1-5-13-8(9(13)14)6-7-12-10(15)16-11(2,3)4;1-5-12-9(14)7-6-8-13-10(15)16-11(2,3)4;/h8H,5-7H2,1-4H3,(H,12,15);5-8H2,1-4H3,(H,12,14)(H,13,15);1H4/p+1. The van der Waals surface area contributed by atoms with Gasteiger partial charge in [0.2, 0.25) is 11.9 Å². The van der Waals surface area contributed by atoms with Crippen LogP contribution in [0.3, 0.4) is 0 Å². The van der Waals surface area contributed by atoms with Crippen molar-refractivity contribution in [2.24, 2.45) is 0 Å². The highest BCUT2D eigenvalue weighted by molar-refractivity contribution is 5.82. The van der Waals surface area contributed by atoms with Gasteiger partial charge in [-0.05, 0) is 61.8 Å². The molecule has 1 saturated heterocycles. The van der Waals surface area contributed by atoms with Crippen LogP contribution in [-0.4, -0.2) is 67.4 Å². The van der Waals surface area contributed by atoms with E-state index in [0.29, 0.717) is 38.9 Å². The molecule has 1 aliphatic rings. The van der Waals surface area contributed by atoms with Crippen molar-refractivity contribution >= 4 is 24.0 Å². The lowest BCUT2D eigenvalue weighted by Gasteiger charge is -2.19. The first kappa shape index (κ1) is 32.8. The molecule has 0 saturated carbocycles. The highest BCUT2D eigenvalue weighted by atomic mass is 16.6. The Balaban J connectivity index is 0. The monoisotopic (exact) mass is 475 g/mol. The zero-order valence-electron chi connectivity index (χ0n) is 21.0. The number of quaternary nitrogens is 1. The molecule has 1 heterocycles. The molecular formula is C23H47N4O6+. The fourth-order valence-electron chi connectivity index (χ4n) is 2.69. The number of carbonyl (C=O) groups excluding carboxylic acids is 4. The zero-order valence-corrected chi connectivity index (χ0v) is 21.0. The number of carbonyl (C=O) groups is 4. The maximum atomic E-state index is 11.3. The van der Waals surface area contributed by atoms with Crippen LogP contribution in [0, 0.1) is 0 Å². The first-order valence-corrected chi connectivity index (χ1v) is 11.3. The Morgan fingerprint density at radius 3 is 1.76 bits per heavy atom. The molecule has 10 nitrogen and oxygen atoms in total. The Morgan fingerprint density at radius 2 is 1.36 bits per heavy atom. The first-order valence-electron chi connectivity index (χ1n) is 11.3. The van der Waals surface area contributed by atoms with E-state index in [1.807, 2.05) is 34.6 Å². The molecule has 194 valence electrons. The minimum atomic E-state index is -0.482. The second-order valence-electron chi connectivity index (χ2n) is 9.50. The van der Waals surface area contributed by atoms with Crippen LogP contribution in [0.15, 0.2) is 0 Å². The predicted octanol–water partition coefficient (Wildman–Crippen LogP) is 1.78. The van der Waals surface area contributed by atoms with Crippen molar-refractivity contribution in [2.75, 3.05) is 26.2 Å². The van der Waals surface area contributed by atoms with E-state index in [9.17, 15) is 19.2 Å². The number of alkyl carbamates (subject to hydrolysis) is 2. The van der Waals surface area contributed by atoms with E-state index in [0.717, 1.165) is 11.4 Å². The molecule has 2 unspecified atom stereocenters. The van der Waals surface area contributed by atoms with Gasteiger partial charge in [0.15, 0.2) is 0 Å². The first-order chi connectivity index (χ1) is 14.7. The van der Waals surface area contributed by atoms with E-state index in [-0.39, 0.29) is 25.3 Å². The number of hydrogen-bond donors (Lipinski definition) is 4. The fourth-order valence-corrected chi connectivity index (χ4v) is 2.69. The average molecular weight is 476 g/mol. The molecule has 0 bridgehead atoms. The minimum absolute atomic E-state index is 0. The molecule has 0 spiro atoms. The van der Waals surface area contributed by atoms with E-state index < -0.39 is 23.4 Å². The molecule has 33 heavy (non-hydrogen) atoms. The van der Waals surface area contributed by atoms with Gasteiger partial charge in [-0.1, -0.05) is 7.43 Å². The van der Waals surface area contributed by atoms with Gasteiger partial charge in [-0.25, -0.2) is 14.4 Å². The Bertz CT molecular complexity index is 623. The molecule has 0 aromatic heterocycles. The number of nitrogens with one attached hydrogen (secondary N) is 4. The van der Waals surface area contributed by atoms with Gasteiger partial charge in [0.25, 0.3) is 0 Å². The molecule has 2 atom stereocenters. The summed E-state index contributed by atoms with van der Waals surface area (Å²) in [5.41, 5.74) is -0.955. The molecule has 0 aromatic carbocycles. The van der Waals surface area contributed by atoms with Crippen molar-refractivity contribution in [3.05, 3.63) is 0 Å². The van der Waals surface area contributed by atoms with Gasteiger partial charge in [-0.2, -0.15) is 0 Å². The summed E-state index contributed by atoms with van der Waals surface area (Å²) >= 11 is 0. The Morgan fingerprint density at radius 1 is 0.879 bits per heavy atom. The van der Waals surface area contributed by atoms with Crippen LogP contribution >= 0.6 is 0 Å². The van der Waals surface area contributed by atoms with Crippen molar-refractivity contribution < 1.29 is 33.6 Å². The smallest absolute Gasteiger partial charge is 0.407 e. The molecule has 4 amide bonds. The highest BCUT2D eigenvalue weighted by Gasteiger charge is 2.52. The van der Waals surface area contributed by atoms with Crippen LogP contribution < -0.4 is 20.9 Å². The summed E-state index contributed by atoms with van der Waals surface area (Å²) in [6.07, 6.45) is 0.873. The van der Waals surface area contributed by atoms with Gasteiger partial charge < -0.3 is 25.4 Å². The Hall–Kier alpha value is -2.36. The fraction of sp³-hybridized carbons (Fsp3) is 0.826. The molecule has 0 aromatic rings. The largest absolute Gasteiger partial charge is 0.444 e. The van der Waals surface area contributed by atoms with E-state index >= 15 is 0 Å². The van der Waals surface area contributed by atoms with Gasteiger partial charge in [-0.15, -0.1) is 0 Å². The molecule has 1 aliphatic heterocycles. The number of ether oxygens (including phenoxy) is 2. The summed E-state index contributed by atoms with van der Waals surface area (Å²) < 4.78 is 10.1. The van der Waals surface area contributed by atoms with E-state index in [1.54, 1.807) is 20.8 Å². The van der Waals surface area contributed by atoms with E-state index in [2.05, 4.69) is 16.0 Å². The second kappa shape index (κ2) is 15.5. The van der Waals surface area contributed by atoms with Crippen LogP contribution in [0.5, 0.6) is 0 Å². The number of likely N-dealkylation sites (N-methyl/N-ethyl adjacent to an activating group) is 1. The average Bonchev–Trinajstić information content (AvgIpc) is 3.25. The molecule has 10 heteroatoms. The summed E-state index contributed by atoms with van der Waals surface area (Å²) in [5.74, 6) is 0.266. The molecule has 0 radical (unpaired) electrons. The molecule has 1 fully saturated rings. The van der Waals surface area contributed by atoms with Crippen molar-refractivity contribution in [1.29, 1.82) is 0 Å². The van der Waals surface area contributed by atoms with Crippen LogP contribution in [0.25, 0.3) is 0 Å². The summed E-state index contributed by atoms with van der Waals surface area (Å²) in [6, 6.07) is 0.0833. The number of hydrogen-bond acceptors (Lipinski definition) is 6. The third-order valence-corrected chi connectivity index (χ3v) is 4.08. The van der Waals surface area contributed by atoms with Crippen molar-refractivity contribution in [3.63, 3.8) is 0 Å². The van der Waals surface area contributed by atoms with Crippen molar-refractivity contribution in [1.82, 2.24) is 16.0 Å². The summed E-state index contributed by atoms with van der Waals surface area (Å²) in [4.78, 5) is 45.7. The van der Waals surface area contributed by atoms with Gasteiger partial charge in [0.05, 0.1) is 6.54 Å². The van der Waals surface area contributed by atoms with Gasteiger partial charge >= 0.3 is 18.1 Å². The lowest BCUT2D eigenvalue weighted by molar-refractivity contribution is -0.732. The molecule has 1 rings (SSSR count). The molecular weight excluding hydrogens is 428 g/mol. The highest BCUT2D eigenvalue weighted by Crippen LogP contribution is 2.07. The summed E-state index contributed by atoms with van der Waals surface area (Å²) in [6.45, 7) is 17.1. The Labute approximate surface area is 199 Å². The van der Waals surface area contributed by atoms with Crippen LogP contribution in [0.4, 0.5) is 9.59 Å². The third kappa shape index (κ3) is 17.8. The number of amides is 4. The quantitative estimate of drug-likeness (QED) is 0.297. The van der Waals surface area contributed by atoms with Crippen LogP contribution in [0.1, 0.15) is 82.1 Å². The lowest BCUT2D eigenvalue weighted by atomic mass is 10.2. The lowest BCUT2D eigenvalue weighted by Crippen LogP contribution is -2.95. The van der Waals surface area contributed by atoms with Crippen molar-refractivity contribution in [2.45, 2.75) is 99.3 Å². The minimum Gasteiger partial charge on any atom is -0.444 e. The second-order valence-corrected chi connectivity index (χ2v) is 9.50. The SMILES string of the molecule is C.CCNC(=O)CCCNC(=O)OC(C)(C)C.CC[NH+]1C(=O)C1CCNC(=O)OC(C)(C)C. The maximum absolute atomic E-state index is 11.3. The van der Waals surface area contributed by atoms with Gasteiger partial charge in [0.1, 0.15) is 11.2 Å². The third-order valence-electron chi connectivity index (χ3n) is 4.08. The van der Waals surface area contributed by atoms with E-state index in [1.165, 1.54) is 0 Å². The zero-order chi connectivity index (χ0) is 24.9. The van der Waals surface area contributed by atoms with E-state index in [4.69, 9.17) is 9.47 Å². The van der Waals surface area contributed by atoms with Crippen LogP contribution in [-0.2, 0) is 19.1 Å². The summed E-state index contributed by atoms with van der Waals surface area (Å²) in [5, 5.41) is 7.93. The van der Waals surface area contributed by atoms with Gasteiger partial charge in [-0.3, -0.25) is 9.69 Å². The Kier molecular flexibility index (Phi) is 15.4. The number of rotatable bonds is 9. The topological polar surface area (TPSA) is 127 Å². The molecule has 4 N–H and O–H groups in total. The normalized spacial score (nSPS) is 16.9. The maximum Gasteiger partial charge on any atom is 0.407 e. The van der Waals surface area contributed by atoms with Gasteiger partial charge in [0, 0.05) is 32.5 Å². The summed E-state index contributed by atoms with van der Waals surface area (Å²) in [7, 11) is 0. The van der Waals surface area contributed by atoms with Crippen LogP contribution in [0.2, 0.25) is 0 Å². The predicted molar refractivity (Wildman–Crippen MR) is 128 cm³/mol. The molecule has 0 aliphatic carbocycles. The van der Waals surface area contributed by atoms with Crippen molar-refractivity contribution in [3.8, 4) is 0 Å².